The van der Waals surface area contributed by atoms with E-state index in [0.29, 0.717) is 0 Å². The zero-order chi connectivity index (χ0) is 12.9. The van der Waals surface area contributed by atoms with E-state index >= 15 is 0 Å². The van der Waals surface area contributed by atoms with Gasteiger partial charge < -0.3 is 10.6 Å². The van der Waals surface area contributed by atoms with Crippen LogP contribution in [0.15, 0.2) is 36.4 Å². The van der Waals surface area contributed by atoms with Crippen LogP contribution in [0.1, 0.15) is 0 Å². The first-order chi connectivity index (χ1) is 9.43. The van der Waals surface area contributed by atoms with Crippen molar-refractivity contribution in [1.29, 1.82) is 0 Å². The van der Waals surface area contributed by atoms with Crippen molar-refractivity contribution < 1.29 is 0 Å². The van der Waals surface area contributed by atoms with Gasteiger partial charge in [0.1, 0.15) is 22.8 Å². The Balaban J connectivity index is 1.57. The molecule has 0 aliphatic carbocycles. The van der Waals surface area contributed by atoms with Crippen LogP contribution in [0, 0.1) is 0 Å². The van der Waals surface area contributed by atoms with Gasteiger partial charge in [0, 0.05) is 25.5 Å². The van der Waals surface area contributed by atoms with Gasteiger partial charge in [0.2, 0.25) is 0 Å². The van der Waals surface area contributed by atoms with E-state index < -0.39 is 0 Å². The number of rotatable bonds is 5. The SMILES string of the molecule is c1cnc(NCCNc2ncnc3sccc23)cn1. The van der Waals surface area contributed by atoms with Gasteiger partial charge >= 0.3 is 0 Å². The summed E-state index contributed by atoms with van der Waals surface area (Å²) in [6, 6.07) is 2.03. The zero-order valence-electron chi connectivity index (χ0n) is 10.1. The van der Waals surface area contributed by atoms with Crippen LogP contribution in [0.25, 0.3) is 10.2 Å². The molecule has 3 rings (SSSR count). The smallest absolute Gasteiger partial charge is 0.144 e. The molecule has 3 aromatic rings. The van der Waals surface area contributed by atoms with Crippen LogP contribution >= 0.6 is 11.3 Å². The van der Waals surface area contributed by atoms with E-state index in [1.54, 1.807) is 36.3 Å². The van der Waals surface area contributed by atoms with Crippen LogP contribution in [0.5, 0.6) is 0 Å². The minimum Gasteiger partial charge on any atom is -0.368 e. The van der Waals surface area contributed by atoms with E-state index in [0.717, 1.165) is 34.9 Å². The molecular formula is C12H12N6S. The monoisotopic (exact) mass is 272 g/mol. The maximum Gasteiger partial charge on any atom is 0.144 e. The summed E-state index contributed by atoms with van der Waals surface area (Å²) < 4.78 is 0. The second kappa shape index (κ2) is 5.57. The molecule has 0 aromatic carbocycles. The van der Waals surface area contributed by atoms with E-state index in [2.05, 4.69) is 30.6 Å². The summed E-state index contributed by atoms with van der Waals surface area (Å²) in [4.78, 5) is 17.6. The highest BCUT2D eigenvalue weighted by Crippen LogP contribution is 2.23. The van der Waals surface area contributed by atoms with Crippen LogP contribution in [0.3, 0.4) is 0 Å². The van der Waals surface area contributed by atoms with E-state index in [1.165, 1.54) is 0 Å². The number of hydrogen-bond acceptors (Lipinski definition) is 7. The molecule has 6 nitrogen and oxygen atoms in total. The summed E-state index contributed by atoms with van der Waals surface area (Å²) in [7, 11) is 0. The quantitative estimate of drug-likeness (QED) is 0.692. The van der Waals surface area contributed by atoms with Crippen molar-refractivity contribution in [3.8, 4) is 0 Å². The van der Waals surface area contributed by atoms with Gasteiger partial charge in [0.25, 0.3) is 0 Å². The predicted octanol–water partition coefficient (Wildman–Crippen LogP) is 2.01. The highest BCUT2D eigenvalue weighted by Gasteiger charge is 2.03. The van der Waals surface area contributed by atoms with Gasteiger partial charge in [-0.3, -0.25) is 4.98 Å². The van der Waals surface area contributed by atoms with Crippen molar-refractivity contribution in [2.45, 2.75) is 0 Å². The molecule has 96 valence electrons. The molecule has 0 aliphatic heterocycles. The van der Waals surface area contributed by atoms with Gasteiger partial charge in [-0.05, 0) is 11.4 Å². The second-order valence-electron chi connectivity index (χ2n) is 3.81. The molecule has 0 atom stereocenters. The zero-order valence-corrected chi connectivity index (χ0v) is 10.9. The molecule has 0 bridgehead atoms. The van der Waals surface area contributed by atoms with Crippen molar-refractivity contribution in [3.63, 3.8) is 0 Å². The van der Waals surface area contributed by atoms with Crippen LogP contribution in [0.2, 0.25) is 0 Å². The molecule has 0 saturated heterocycles. The van der Waals surface area contributed by atoms with Crippen molar-refractivity contribution in [2.75, 3.05) is 23.7 Å². The number of aromatic nitrogens is 4. The summed E-state index contributed by atoms with van der Waals surface area (Å²) in [5.41, 5.74) is 0. The summed E-state index contributed by atoms with van der Waals surface area (Å²) in [5.74, 6) is 1.64. The van der Waals surface area contributed by atoms with Gasteiger partial charge in [-0.15, -0.1) is 11.3 Å². The third-order valence-corrected chi connectivity index (χ3v) is 3.37. The molecule has 0 fully saturated rings. The fraction of sp³-hybridized carbons (Fsp3) is 0.167. The predicted molar refractivity (Wildman–Crippen MR) is 76.4 cm³/mol. The average Bonchev–Trinajstić information content (AvgIpc) is 2.94. The molecule has 0 radical (unpaired) electrons. The summed E-state index contributed by atoms with van der Waals surface area (Å²) in [6.07, 6.45) is 6.59. The number of hydrogen-bond donors (Lipinski definition) is 2. The van der Waals surface area contributed by atoms with Gasteiger partial charge in [-0.25, -0.2) is 15.0 Å². The lowest BCUT2D eigenvalue weighted by atomic mass is 10.4. The molecule has 19 heavy (non-hydrogen) atoms. The fourth-order valence-electron chi connectivity index (χ4n) is 1.69. The van der Waals surface area contributed by atoms with Crippen LogP contribution in [-0.2, 0) is 0 Å². The normalized spacial score (nSPS) is 10.5. The van der Waals surface area contributed by atoms with E-state index in [-0.39, 0.29) is 0 Å². The van der Waals surface area contributed by atoms with E-state index in [1.807, 2.05) is 11.4 Å². The first-order valence-corrected chi connectivity index (χ1v) is 6.73. The Morgan fingerprint density at radius 1 is 1.05 bits per heavy atom. The Morgan fingerprint density at radius 3 is 2.89 bits per heavy atom. The maximum atomic E-state index is 4.25. The minimum atomic E-state index is 0.744. The van der Waals surface area contributed by atoms with Gasteiger partial charge in [0.05, 0.1) is 11.6 Å². The molecule has 3 aromatic heterocycles. The lowest BCUT2D eigenvalue weighted by Gasteiger charge is -2.07. The van der Waals surface area contributed by atoms with Gasteiger partial charge in [-0.2, -0.15) is 0 Å². The highest BCUT2D eigenvalue weighted by atomic mass is 32.1. The molecule has 0 amide bonds. The Kier molecular flexibility index (Phi) is 3.46. The Hall–Kier alpha value is -2.28. The molecule has 3 heterocycles. The van der Waals surface area contributed by atoms with Gasteiger partial charge in [0.15, 0.2) is 0 Å². The Labute approximate surface area is 114 Å². The summed E-state index contributed by atoms with van der Waals surface area (Å²) >= 11 is 1.61. The van der Waals surface area contributed by atoms with Gasteiger partial charge in [-0.1, -0.05) is 0 Å². The maximum absolute atomic E-state index is 4.25. The Morgan fingerprint density at radius 2 is 2.00 bits per heavy atom. The van der Waals surface area contributed by atoms with Crippen LogP contribution < -0.4 is 10.6 Å². The molecule has 0 saturated carbocycles. The first-order valence-electron chi connectivity index (χ1n) is 5.85. The van der Waals surface area contributed by atoms with Crippen molar-refractivity contribution in [3.05, 3.63) is 36.4 Å². The van der Waals surface area contributed by atoms with E-state index in [4.69, 9.17) is 0 Å². The average molecular weight is 272 g/mol. The third-order valence-electron chi connectivity index (χ3n) is 2.55. The molecule has 7 heteroatoms. The second-order valence-corrected chi connectivity index (χ2v) is 4.70. The fourth-order valence-corrected chi connectivity index (χ4v) is 2.43. The third kappa shape index (κ3) is 2.76. The number of fused-ring (bicyclic) bond motifs is 1. The number of thiophene rings is 1. The number of nitrogens with zero attached hydrogens (tertiary/aromatic N) is 4. The van der Waals surface area contributed by atoms with Crippen molar-refractivity contribution in [2.24, 2.45) is 0 Å². The Bertz CT molecular complexity index is 653. The summed E-state index contributed by atoms with van der Waals surface area (Å²) in [6.45, 7) is 1.49. The molecular weight excluding hydrogens is 260 g/mol. The summed E-state index contributed by atoms with van der Waals surface area (Å²) in [5, 5.41) is 9.55. The first kappa shape index (κ1) is 11.8. The van der Waals surface area contributed by atoms with E-state index in [9.17, 15) is 0 Å². The van der Waals surface area contributed by atoms with Crippen LogP contribution in [0.4, 0.5) is 11.6 Å². The lowest BCUT2D eigenvalue weighted by Crippen LogP contribution is -2.15. The minimum absolute atomic E-state index is 0.744. The largest absolute Gasteiger partial charge is 0.368 e. The van der Waals surface area contributed by atoms with Crippen molar-refractivity contribution >= 4 is 33.2 Å². The lowest BCUT2D eigenvalue weighted by molar-refractivity contribution is 1.04. The van der Waals surface area contributed by atoms with Crippen molar-refractivity contribution in [1.82, 2.24) is 19.9 Å². The molecule has 0 spiro atoms. The topological polar surface area (TPSA) is 75.6 Å². The highest BCUT2D eigenvalue weighted by molar-refractivity contribution is 7.16. The molecule has 2 N–H and O–H groups in total. The van der Waals surface area contributed by atoms with Crippen LogP contribution in [-0.4, -0.2) is 33.0 Å². The standard InChI is InChI=1S/C12H12N6S/c1-6-19-12-9(1)11(17-8-18-12)16-5-4-15-10-7-13-2-3-14-10/h1-3,6-8H,4-5H2,(H,14,15)(H,16,17,18). The number of anilines is 2. The number of nitrogens with one attached hydrogen (secondary N) is 2. The molecule has 0 unspecified atom stereocenters. The molecule has 0 aliphatic rings.